The van der Waals surface area contributed by atoms with Crippen LogP contribution in [-0.2, 0) is 13.5 Å². The Hall–Kier alpha value is -2.14. The van der Waals surface area contributed by atoms with E-state index in [2.05, 4.69) is 10.4 Å². The first-order chi connectivity index (χ1) is 9.61. The van der Waals surface area contributed by atoms with Gasteiger partial charge in [-0.15, -0.1) is 0 Å². The first-order valence-corrected chi connectivity index (χ1v) is 6.56. The van der Waals surface area contributed by atoms with Crippen molar-refractivity contribution in [3.63, 3.8) is 0 Å². The van der Waals surface area contributed by atoms with Crippen LogP contribution >= 0.6 is 0 Å². The smallest absolute Gasteiger partial charge is 0.255 e. The summed E-state index contributed by atoms with van der Waals surface area (Å²) in [5.41, 5.74) is 2.42. The lowest BCUT2D eigenvalue weighted by Gasteiger charge is -2.16. The molecule has 0 spiro atoms. The molecule has 0 bridgehead atoms. The summed E-state index contributed by atoms with van der Waals surface area (Å²) in [7, 11) is 1.79. The van der Waals surface area contributed by atoms with Crippen LogP contribution in [-0.4, -0.2) is 33.4 Å². The maximum Gasteiger partial charge on any atom is 0.255 e. The molecule has 0 saturated carbocycles. The van der Waals surface area contributed by atoms with Crippen molar-refractivity contribution < 1.29 is 9.90 Å². The molecule has 0 radical (unpaired) electrons. The molecule has 0 aliphatic rings. The predicted octanol–water partition coefficient (Wildman–Crippen LogP) is 1.06. The molecule has 5 heteroatoms. The SMILES string of the molecule is Cc1c(C(=O)N[C@@H](CO)Cc2ccccc2)cnn1C. The second-order valence-electron chi connectivity index (χ2n) is 4.81. The average Bonchev–Trinajstić information content (AvgIpc) is 2.79. The molecule has 1 aromatic heterocycles. The van der Waals surface area contributed by atoms with Gasteiger partial charge in [0.2, 0.25) is 0 Å². The Bertz CT molecular complexity index is 578. The first-order valence-electron chi connectivity index (χ1n) is 6.56. The van der Waals surface area contributed by atoms with Crippen molar-refractivity contribution in [3.8, 4) is 0 Å². The molecule has 2 aromatic rings. The van der Waals surface area contributed by atoms with Gasteiger partial charge in [0.15, 0.2) is 0 Å². The van der Waals surface area contributed by atoms with Crippen LogP contribution in [0.3, 0.4) is 0 Å². The lowest BCUT2D eigenvalue weighted by molar-refractivity contribution is 0.0915. The van der Waals surface area contributed by atoms with Gasteiger partial charge < -0.3 is 10.4 Å². The van der Waals surface area contributed by atoms with E-state index >= 15 is 0 Å². The number of nitrogens with one attached hydrogen (secondary N) is 1. The summed E-state index contributed by atoms with van der Waals surface area (Å²) in [6.07, 6.45) is 2.14. The van der Waals surface area contributed by atoms with E-state index in [9.17, 15) is 9.90 Å². The molecule has 0 aliphatic heterocycles. The highest BCUT2D eigenvalue weighted by atomic mass is 16.3. The number of benzene rings is 1. The second kappa shape index (κ2) is 6.34. The Kier molecular flexibility index (Phi) is 4.53. The van der Waals surface area contributed by atoms with Crippen LogP contribution in [0.5, 0.6) is 0 Å². The van der Waals surface area contributed by atoms with Gasteiger partial charge in [0.05, 0.1) is 24.4 Å². The molecule has 20 heavy (non-hydrogen) atoms. The van der Waals surface area contributed by atoms with Gasteiger partial charge in [0.25, 0.3) is 5.91 Å². The molecular weight excluding hydrogens is 254 g/mol. The number of hydrogen-bond acceptors (Lipinski definition) is 3. The zero-order chi connectivity index (χ0) is 14.5. The van der Waals surface area contributed by atoms with Gasteiger partial charge in [0, 0.05) is 12.7 Å². The number of aryl methyl sites for hydroxylation is 1. The van der Waals surface area contributed by atoms with E-state index < -0.39 is 0 Å². The third-order valence-electron chi connectivity index (χ3n) is 3.36. The van der Waals surface area contributed by atoms with Crippen molar-refractivity contribution >= 4 is 5.91 Å². The minimum Gasteiger partial charge on any atom is -0.394 e. The van der Waals surface area contributed by atoms with Crippen molar-refractivity contribution in [1.82, 2.24) is 15.1 Å². The monoisotopic (exact) mass is 273 g/mol. The zero-order valence-electron chi connectivity index (χ0n) is 11.7. The molecule has 1 atom stereocenters. The van der Waals surface area contributed by atoms with Crippen LogP contribution in [0.25, 0.3) is 0 Å². The molecule has 0 aliphatic carbocycles. The number of hydrogen-bond donors (Lipinski definition) is 2. The number of aromatic nitrogens is 2. The highest BCUT2D eigenvalue weighted by Gasteiger charge is 2.17. The second-order valence-corrected chi connectivity index (χ2v) is 4.81. The fraction of sp³-hybridized carbons (Fsp3) is 0.333. The topological polar surface area (TPSA) is 67.2 Å². The Balaban J connectivity index is 2.03. The van der Waals surface area contributed by atoms with Crippen molar-refractivity contribution in [2.75, 3.05) is 6.61 Å². The number of carbonyl (C=O) groups is 1. The summed E-state index contributed by atoms with van der Waals surface area (Å²) < 4.78 is 1.65. The van der Waals surface area contributed by atoms with Crippen molar-refractivity contribution in [2.24, 2.45) is 7.05 Å². The van der Waals surface area contributed by atoms with Crippen molar-refractivity contribution in [1.29, 1.82) is 0 Å². The Labute approximate surface area is 118 Å². The maximum atomic E-state index is 12.2. The largest absolute Gasteiger partial charge is 0.394 e. The molecule has 1 heterocycles. The van der Waals surface area contributed by atoms with Crippen LogP contribution in [0.15, 0.2) is 36.5 Å². The summed E-state index contributed by atoms with van der Waals surface area (Å²) in [5, 5.41) is 16.3. The number of nitrogens with zero attached hydrogens (tertiary/aromatic N) is 2. The molecule has 2 N–H and O–H groups in total. The Morgan fingerprint density at radius 1 is 1.40 bits per heavy atom. The standard InChI is InChI=1S/C15H19N3O2/c1-11-14(9-16-18(11)2)15(20)17-13(10-19)8-12-6-4-3-5-7-12/h3-7,9,13,19H,8,10H2,1-2H3,(H,17,20)/t13-/m1/s1. The molecular formula is C15H19N3O2. The number of rotatable bonds is 5. The third kappa shape index (κ3) is 3.24. The van der Waals surface area contributed by atoms with E-state index in [0.29, 0.717) is 12.0 Å². The number of amides is 1. The highest BCUT2D eigenvalue weighted by molar-refractivity contribution is 5.95. The summed E-state index contributed by atoms with van der Waals surface area (Å²) in [6.45, 7) is 1.74. The predicted molar refractivity (Wildman–Crippen MR) is 76.4 cm³/mol. The fourth-order valence-corrected chi connectivity index (χ4v) is 2.04. The van der Waals surface area contributed by atoms with Gasteiger partial charge in [0.1, 0.15) is 0 Å². The van der Waals surface area contributed by atoms with Crippen LogP contribution in [0, 0.1) is 6.92 Å². The molecule has 2 rings (SSSR count). The average molecular weight is 273 g/mol. The quantitative estimate of drug-likeness (QED) is 0.856. The maximum absolute atomic E-state index is 12.2. The molecule has 1 amide bonds. The normalized spacial score (nSPS) is 12.2. The van der Waals surface area contributed by atoms with Gasteiger partial charge in [-0.25, -0.2) is 0 Å². The highest BCUT2D eigenvalue weighted by Crippen LogP contribution is 2.07. The summed E-state index contributed by atoms with van der Waals surface area (Å²) in [5.74, 6) is -0.203. The minimum absolute atomic E-state index is 0.0973. The van der Waals surface area contributed by atoms with Gasteiger partial charge >= 0.3 is 0 Å². The molecule has 106 valence electrons. The van der Waals surface area contributed by atoms with E-state index in [0.717, 1.165) is 11.3 Å². The number of aliphatic hydroxyl groups excluding tert-OH is 1. The van der Waals surface area contributed by atoms with Crippen LogP contribution in [0.1, 0.15) is 21.6 Å². The Morgan fingerprint density at radius 3 is 2.65 bits per heavy atom. The van der Waals surface area contributed by atoms with Gasteiger partial charge in [-0.1, -0.05) is 30.3 Å². The summed E-state index contributed by atoms with van der Waals surface area (Å²) in [6, 6.07) is 9.47. The van der Waals surface area contributed by atoms with Crippen LogP contribution < -0.4 is 5.32 Å². The van der Waals surface area contributed by atoms with E-state index in [1.54, 1.807) is 17.9 Å². The van der Waals surface area contributed by atoms with Gasteiger partial charge in [-0.3, -0.25) is 9.48 Å². The van der Waals surface area contributed by atoms with Crippen LogP contribution in [0.2, 0.25) is 0 Å². The van der Waals surface area contributed by atoms with E-state index in [1.807, 2.05) is 37.3 Å². The molecule has 0 fully saturated rings. The number of carbonyl (C=O) groups excluding carboxylic acids is 1. The third-order valence-corrected chi connectivity index (χ3v) is 3.36. The molecule has 5 nitrogen and oxygen atoms in total. The fourth-order valence-electron chi connectivity index (χ4n) is 2.04. The van der Waals surface area contributed by atoms with Crippen molar-refractivity contribution in [3.05, 3.63) is 53.3 Å². The molecule has 1 aromatic carbocycles. The first kappa shape index (κ1) is 14.3. The van der Waals surface area contributed by atoms with E-state index in [1.165, 1.54) is 0 Å². The molecule has 0 saturated heterocycles. The summed E-state index contributed by atoms with van der Waals surface area (Å²) in [4.78, 5) is 12.2. The van der Waals surface area contributed by atoms with Gasteiger partial charge in [-0.05, 0) is 18.9 Å². The zero-order valence-corrected chi connectivity index (χ0v) is 11.7. The lowest BCUT2D eigenvalue weighted by Crippen LogP contribution is -2.39. The van der Waals surface area contributed by atoms with Crippen LogP contribution in [0.4, 0.5) is 0 Å². The van der Waals surface area contributed by atoms with Crippen molar-refractivity contribution in [2.45, 2.75) is 19.4 Å². The number of aliphatic hydroxyl groups is 1. The van der Waals surface area contributed by atoms with E-state index in [4.69, 9.17) is 0 Å². The van der Waals surface area contributed by atoms with E-state index in [-0.39, 0.29) is 18.6 Å². The Morgan fingerprint density at radius 2 is 2.10 bits per heavy atom. The van der Waals surface area contributed by atoms with Gasteiger partial charge in [-0.2, -0.15) is 5.10 Å². The summed E-state index contributed by atoms with van der Waals surface area (Å²) >= 11 is 0. The lowest BCUT2D eigenvalue weighted by atomic mass is 10.1. The molecule has 0 unspecified atom stereocenters. The minimum atomic E-state index is -0.301.